The Kier molecular flexibility index (Phi) is 10.8. The summed E-state index contributed by atoms with van der Waals surface area (Å²) in [5.41, 5.74) is 19.1. The van der Waals surface area contributed by atoms with Gasteiger partial charge in [0, 0.05) is 41.0 Å². The molecule has 0 fully saturated rings. The standard InChI is InChI=1S/C59H44N4/c1-41-18-17-19-42(2)59(41)50-32-48(52-33-51(39-60-40-52)45-24-11-5-12-25-45)34-53(35-50)63(57-29-16-15-28-54(57)46-26-13-6-14-27-46)58-38-49(44-22-9-4-10-23-44)37-56(62-58)55-36-47(30-31-61-55)43-20-7-3-8-21-43/h3-40H,1-2H3. The van der Waals surface area contributed by atoms with E-state index in [1.54, 1.807) is 0 Å². The first-order chi connectivity index (χ1) is 31.1. The second kappa shape index (κ2) is 17.4. The minimum Gasteiger partial charge on any atom is -0.294 e. The maximum atomic E-state index is 5.60. The first-order valence-corrected chi connectivity index (χ1v) is 21.3. The van der Waals surface area contributed by atoms with Crippen LogP contribution in [0, 0.1) is 13.8 Å². The fourth-order valence-electron chi connectivity index (χ4n) is 8.57. The van der Waals surface area contributed by atoms with E-state index in [9.17, 15) is 0 Å². The average molecular weight is 809 g/mol. The summed E-state index contributed by atoms with van der Waals surface area (Å²) >= 11 is 0. The van der Waals surface area contributed by atoms with Crippen LogP contribution in [0.25, 0.3) is 78.1 Å². The molecule has 300 valence electrons. The zero-order valence-corrected chi connectivity index (χ0v) is 35.2. The van der Waals surface area contributed by atoms with Gasteiger partial charge in [-0.3, -0.25) is 14.9 Å². The highest BCUT2D eigenvalue weighted by Crippen LogP contribution is 2.45. The van der Waals surface area contributed by atoms with Crippen molar-refractivity contribution in [2.24, 2.45) is 0 Å². The number of rotatable bonds is 10. The molecule has 0 aliphatic carbocycles. The molecular formula is C59H44N4. The largest absolute Gasteiger partial charge is 0.294 e. The molecule has 10 rings (SSSR count). The van der Waals surface area contributed by atoms with Crippen LogP contribution in [-0.2, 0) is 0 Å². The van der Waals surface area contributed by atoms with Gasteiger partial charge in [0.25, 0.3) is 0 Å². The van der Waals surface area contributed by atoms with Crippen LogP contribution < -0.4 is 4.90 Å². The summed E-state index contributed by atoms with van der Waals surface area (Å²) in [6, 6.07) is 75.0. The summed E-state index contributed by atoms with van der Waals surface area (Å²) in [6.07, 6.45) is 5.80. The predicted octanol–water partition coefficient (Wildman–Crippen LogP) is 15.6. The second-order valence-electron chi connectivity index (χ2n) is 15.8. The molecular weight excluding hydrogens is 765 g/mol. The number of aromatic nitrogens is 3. The van der Waals surface area contributed by atoms with Gasteiger partial charge in [-0.05, 0) is 130 Å². The summed E-state index contributed by atoms with van der Waals surface area (Å²) in [6.45, 7) is 4.39. The molecule has 0 saturated heterocycles. The van der Waals surface area contributed by atoms with Crippen LogP contribution in [0.2, 0.25) is 0 Å². The number of hydrogen-bond donors (Lipinski definition) is 0. The van der Waals surface area contributed by atoms with Crippen LogP contribution in [0.3, 0.4) is 0 Å². The maximum Gasteiger partial charge on any atom is 0.138 e. The fraction of sp³-hybridized carbons (Fsp3) is 0.0339. The van der Waals surface area contributed by atoms with Crippen LogP contribution in [0.4, 0.5) is 17.2 Å². The van der Waals surface area contributed by atoms with Crippen molar-refractivity contribution in [2.75, 3.05) is 4.90 Å². The Morgan fingerprint density at radius 2 is 0.873 bits per heavy atom. The summed E-state index contributed by atoms with van der Waals surface area (Å²) in [7, 11) is 0. The molecule has 0 N–H and O–H groups in total. The van der Waals surface area contributed by atoms with Gasteiger partial charge in [0.15, 0.2) is 0 Å². The molecule has 0 aliphatic heterocycles. The van der Waals surface area contributed by atoms with Crippen molar-refractivity contribution < 1.29 is 0 Å². The van der Waals surface area contributed by atoms with E-state index in [1.165, 1.54) is 16.7 Å². The highest BCUT2D eigenvalue weighted by molar-refractivity contribution is 5.92. The number of aryl methyl sites for hydroxylation is 2. The van der Waals surface area contributed by atoms with Crippen LogP contribution in [0.15, 0.2) is 231 Å². The third-order valence-corrected chi connectivity index (χ3v) is 11.6. The summed E-state index contributed by atoms with van der Waals surface area (Å²) in [5.74, 6) is 0.766. The van der Waals surface area contributed by atoms with Crippen molar-refractivity contribution in [3.05, 3.63) is 242 Å². The van der Waals surface area contributed by atoms with Gasteiger partial charge < -0.3 is 0 Å². The molecule has 0 radical (unpaired) electrons. The zero-order chi connectivity index (χ0) is 42.5. The minimum atomic E-state index is 0.766. The first kappa shape index (κ1) is 39.0. The molecule has 0 amide bonds. The SMILES string of the molecule is Cc1cccc(C)c1-c1cc(-c2cncc(-c3ccccc3)c2)cc(N(c2cc(-c3ccccc3)cc(-c3cc(-c4ccccc4)ccn3)n2)c2ccccc2-c2ccccc2)c1. The molecule has 10 aromatic rings. The van der Waals surface area contributed by atoms with Gasteiger partial charge in [-0.15, -0.1) is 0 Å². The van der Waals surface area contributed by atoms with Gasteiger partial charge >= 0.3 is 0 Å². The topological polar surface area (TPSA) is 41.9 Å². The van der Waals surface area contributed by atoms with E-state index < -0.39 is 0 Å². The monoisotopic (exact) mass is 808 g/mol. The van der Waals surface area contributed by atoms with E-state index >= 15 is 0 Å². The van der Waals surface area contributed by atoms with Crippen LogP contribution in [-0.4, -0.2) is 15.0 Å². The average Bonchev–Trinajstić information content (AvgIpc) is 3.35. The lowest BCUT2D eigenvalue weighted by atomic mass is 9.92. The number of benzene rings is 7. The zero-order valence-electron chi connectivity index (χ0n) is 35.2. The van der Waals surface area contributed by atoms with Gasteiger partial charge in [0.1, 0.15) is 5.82 Å². The quantitative estimate of drug-likeness (QED) is 0.138. The lowest BCUT2D eigenvalue weighted by Crippen LogP contribution is -2.14. The van der Waals surface area contributed by atoms with E-state index in [1.807, 2.05) is 30.7 Å². The maximum absolute atomic E-state index is 5.60. The highest BCUT2D eigenvalue weighted by atomic mass is 15.2. The Bertz CT molecular complexity index is 3160. The number of nitrogens with zero attached hydrogens (tertiary/aromatic N) is 4. The van der Waals surface area contributed by atoms with Gasteiger partial charge in [-0.25, -0.2) is 4.98 Å². The highest BCUT2D eigenvalue weighted by Gasteiger charge is 2.23. The summed E-state index contributed by atoms with van der Waals surface area (Å²) in [5, 5.41) is 0. The predicted molar refractivity (Wildman–Crippen MR) is 262 cm³/mol. The molecule has 4 heteroatoms. The van der Waals surface area contributed by atoms with Gasteiger partial charge in [-0.1, -0.05) is 158 Å². The van der Waals surface area contributed by atoms with Gasteiger partial charge in [-0.2, -0.15) is 0 Å². The second-order valence-corrected chi connectivity index (χ2v) is 15.8. The van der Waals surface area contributed by atoms with Crippen molar-refractivity contribution >= 4 is 17.2 Å². The molecule has 4 nitrogen and oxygen atoms in total. The lowest BCUT2D eigenvalue weighted by Gasteiger charge is -2.29. The third-order valence-electron chi connectivity index (χ3n) is 11.6. The normalized spacial score (nSPS) is 11.0. The van der Waals surface area contributed by atoms with Gasteiger partial charge in [0.2, 0.25) is 0 Å². The number of hydrogen-bond acceptors (Lipinski definition) is 4. The van der Waals surface area contributed by atoms with Crippen LogP contribution in [0.5, 0.6) is 0 Å². The Labute approximate surface area is 369 Å². The molecule has 0 bridgehead atoms. The van der Waals surface area contributed by atoms with Crippen molar-refractivity contribution in [1.29, 1.82) is 0 Å². The van der Waals surface area contributed by atoms with Gasteiger partial charge in [0.05, 0.1) is 17.1 Å². The first-order valence-electron chi connectivity index (χ1n) is 21.3. The molecule has 63 heavy (non-hydrogen) atoms. The van der Waals surface area contributed by atoms with E-state index in [2.05, 4.69) is 219 Å². The van der Waals surface area contributed by atoms with Crippen LogP contribution in [0.1, 0.15) is 11.1 Å². The Morgan fingerprint density at radius 1 is 0.365 bits per heavy atom. The fourth-order valence-corrected chi connectivity index (χ4v) is 8.57. The molecule has 0 unspecified atom stereocenters. The number of anilines is 3. The Balaban J connectivity index is 1.26. The molecule has 3 heterocycles. The smallest absolute Gasteiger partial charge is 0.138 e. The summed E-state index contributed by atoms with van der Waals surface area (Å²) < 4.78 is 0. The molecule has 0 saturated carbocycles. The van der Waals surface area contributed by atoms with E-state index in [-0.39, 0.29) is 0 Å². The van der Waals surface area contributed by atoms with Crippen molar-refractivity contribution in [3.63, 3.8) is 0 Å². The third kappa shape index (κ3) is 8.18. The lowest BCUT2D eigenvalue weighted by molar-refractivity contribution is 1.17. The van der Waals surface area contributed by atoms with Crippen LogP contribution >= 0.6 is 0 Å². The van der Waals surface area contributed by atoms with E-state index in [4.69, 9.17) is 15.0 Å². The van der Waals surface area contributed by atoms with Crippen molar-refractivity contribution in [2.45, 2.75) is 13.8 Å². The molecule has 0 atom stereocenters. The van der Waals surface area contributed by atoms with Crippen molar-refractivity contribution in [3.8, 4) is 78.1 Å². The molecule has 0 aliphatic rings. The van der Waals surface area contributed by atoms with E-state index in [0.29, 0.717) is 0 Å². The Hall–Kier alpha value is -8.21. The summed E-state index contributed by atoms with van der Waals surface area (Å²) in [4.78, 5) is 17.7. The minimum absolute atomic E-state index is 0.766. The molecule has 0 spiro atoms. The molecule has 7 aromatic carbocycles. The number of pyridine rings is 3. The molecule has 3 aromatic heterocycles. The van der Waals surface area contributed by atoms with E-state index in [0.717, 1.165) is 89.8 Å². The van der Waals surface area contributed by atoms with Crippen molar-refractivity contribution in [1.82, 2.24) is 15.0 Å². The Morgan fingerprint density at radius 3 is 1.54 bits per heavy atom. The number of para-hydroxylation sites is 1.